The van der Waals surface area contributed by atoms with Crippen molar-refractivity contribution in [1.29, 1.82) is 0 Å². The van der Waals surface area contributed by atoms with E-state index in [9.17, 15) is 0 Å². The lowest BCUT2D eigenvalue weighted by Gasteiger charge is -2.29. The zero-order valence-corrected chi connectivity index (χ0v) is 11.5. The molecule has 3 heteroatoms. The maximum atomic E-state index is 5.75. The summed E-state index contributed by atoms with van der Waals surface area (Å²) in [6, 6.07) is 0.744. The number of hydrogen-bond donors (Lipinski definition) is 1. The molecule has 0 amide bonds. The first-order chi connectivity index (χ1) is 8.33. The molecule has 1 N–H and O–H groups in total. The molecule has 1 aliphatic heterocycles. The Hall–Kier alpha value is -0.120. The van der Waals surface area contributed by atoms with Crippen molar-refractivity contribution in [3.8, 4) is 0 Å². The predicted molar refractivity (Wildman–Crippen MR) is 71.3 cm³/mol. The van der Waals surface area contributed by atoms with Gasteiger partial charge in [0.25, 0.3) is 0 Å². The second-order valence-corrected chi connectivity index (χ2v) is 5.57. The number of nitrogens with one attached hydrogen (secondary N) is 1. The van der Waals surface area contributed by atoms with E-state index in [-0.39, 0.29) is 0 Å². The van der Waals surface area contributed by atoms with E-state index in [4.69, 9.17) is 4.74 Å². The fourth-order valence-corrected chi connectivity index (χ4v) is 3.38. The Labute approximate surface area is 106 Å². The summed E-state index contributed by atoms with van der Waals surface area (Å²) in [5.41, 5.74) is 0. The molecule has 0 radical (unpaired) electrons. The van der Waals surface area contributed by atoms with E-state index < -0.39 is 0 Å². The zero-order chi connectivity index (χ0) is 12.1. The third kappa shape index (κ3) is 3.67. The first-order valence-electron chi connectivity index (χ1n) is 7.34. The molecule has 2 rings (SSSR count). The van der Waals surface area contributed by atoms with Crippen molar-refractivity contribution in [1.82, 2.24) is 10.2 Å². The van der Waals surface area contributed by atoms with Crippen LogP contribution in [-0.2, 0) is 4.74 Å². The fraction of sp³-hybridized carbons (Fsp3) is 1.00. The average molecular weight is 240 g/mol. The quantitative estimate of drug-likeness (QED) is 0.767. The summed E-state index contributed by atoms with van der Waals surface area (Å²) in [6.07, 6.45) is 7.17. The van der Waals surface area contributed by atoms with Gasteiger partial charge in [-0.25, -0.2) is 0 Å². The summed E-state index contributed by atoms with van der Waals surface area (Å²) < 4.78 is 5.75. The van der Waals surface area contributed by atoms with Gasteiger partial charge in [0.2, 0.25) is 0 Å². The summed E-state index contributed by atoms with van der Waals surface area (Å²) in [7, 11) is 2.11. The normalized spacial score (nSPS) is 33.7. The molecule has 100 valence electrons. The van der Waals surface area contributed by atoms with Crippen LogP contribution in [0.4, 0.5) is 0 Å². The molecule has 0 aromatic heterocycles. The zero-order valence-electron chi connectivity index (χ0n) is 11.5. The molecule has 0 aromatic rings. The predicted octanol–water partition coefficient (Wildman–Crippen LogP) is 1.88. The topological polar surface area (TPSA) is 24.5 Å². The van der Waals surface area contributed by atoms with Crippen molar-refractivity contribution in [2.75, 3.05) is 33.3 Å². The Bertz CT molecular complexity index is 216. The van der Waals surface area contributed by atoms with E-state index >= 15 is 0 Å². The molecule has 17 heavy (non-hydrogen) atoms. The Morgan fingerprint density at radius 3 is 2.71 bits per heavy atom. The molecule has 1 saturated heterocycles. The van der Waals surface area contributed by atoms with Crippen LogP contribution >= 0.6 is 0 Å². The first-order valence-corrected chi connectivity index (χ1v) is 7.34. The maximum absolute atomic E-state index is 5.75. The van der Waals surface area contributed by atoms with Crippen LogP contribution in [0.5, 0.6) is 0 Å². The Kier molecular flexibility index (Phi) is 5.26. The summed E-state index contributed by atoms with van der Waals surface area (Å²) in [5, 5.41) is 3.48. The summed E-state index contributed by atoms with van der Waals surface area (Å²) in [5.74, 6) is 0.848. The van der Waals surface area contributed by atoms with E-state index in [0.717, 1.165) is 31.7 Å². The highest BCUT2D eigenvalue weighted by Crippen LogP contribution is 2.26. The van der Waals surface area contributed by atoms with Gasteiger partial charge >= 0.3 is 0 Å². The lowest BCUT2D eigenvalue weighted by atomic mass is 10.0. The number of ether oxygens (including phenoxy) is 1. The van der Waals surface area contributed by atoms with Crippen LogP contribution in [-0.4, -0.2) is 50.3 Å². The highest BCUT2D eigenvalue weighted by molar-refractivity contribution is 4.84. The minimum Gasteiger partial charge on any atom is -0.377 e. The Morgan fingerprint density at radius 1 is 1.18 bits per heavy atom. The average Bonchev–Trinajstić information content (AvgIpc) is 2.99. The van der Waals surface area contributed by atoms with Crippen molar-refractivity contribution < 1.29 is 4.74 Å². The van der Waals surface area contributed by atoms with Gasteiger partial charge in [-0.05, 0) is 45.2 Å². The molecular weight excluding hydrogens is 212 g/mol. The maximum Gasteiger partial charge on any atom is 0.0702 e. The third-order valence-corrected chi connectivity index (χ3v) is 4.46. The van der Waals surface area contributed by atoms with Crippen LogP contribution < -0.4 is 5.32 Å². The highest BCUT2D eigenvalue weighted by Gasteiger charge is 2.28. The molecule has 1 aliphatic carbocycles. The lowest BCUT2D eigenvalue weighted by molar-refractivity contribution is 0.0682. The van der Waals surface area contributed by atoms with Crippen molar-refractivity contribution in [2.24, 2.45) is 5.92 Å². The first kappa shape index (κ1) is 13.3. The number of likely N-dealkylation sites (N-methyl/N-ethyl adjacent to an activating group) is 1. The molecule has 3 unspecified atom stereocenters. The minimum atomic E-state index is 0.504. The van der Waals surface area contributed by atoms with E-state index in [0.29, 0.717) is 6.10 Å². The van der Waals surface area contributed by atoms with Gasteiger partial charge in [-0.2, -0.15) is 0 Å². The minimum absolute atomic E-state index is 0.504. The van der Waals surface area contributed by atoms with Crippen LogP contribution in [0, 0.1) is 5.92 Å². The number of rotatable bonds is 6. The van der Waals surface area contributed by atoms with Crippen molar-refractivity contribution in [3.05, 3.63) is 0 Å². The summed E-state index contributed by atoms with van der Waals surface area (Å²) in [6.45, 7) is 6.81. The van der Waals surface area contributed by atoms with E-state index in [1.165, 1.54) is 38.6 Å². The van der Waals surface area contributed by atoms with Gasteiger partial charge in [-0.15, -0.1) is 0 Å². The molecule has 3 atom stereocenters. The lowest BCUT2D eigenvalue weighted by Crippen LogP contribution is -2.40. The van der Waals surface area contributed by atoms with E-state index in [2.05, 4.69) is 24.2 Å². The van der Waals surface area contributed by atoms with Crippen LogP contribution in [0.25, 0.3) is 0 Å². The van der Waals surface area contributed by atoms with E-state index in [1.807, 2.05) is 0 Å². The van der Waals surface area contributed by atoms with Crippen LogP contribution in [0.15, 0.2) is 0 Å². The number of nitrogens with zero attached hydrogens (tertiary/aromatic N) is 1. The second kappa shape index (κ2) is 6.72. The molecule has 1 heterocycles. The van der Waals surface area contributed by atoms with Gasteiger partial charge in [0, 0.05) is 25.7 Å². The Morgan fingerprint density at radius 2 is 2.06 bits per heavy atom. The van der Waals surface area contributed by atoms with Gasteiger partial charge in [-0.1, -0.05) is 13.3 Å². The molecular formula is C14H28N2O. The Balaban J connectivity index is 1.77. The molecule has 3 nitrogen and oxygen atoms in total. The third-order valence-electron chi connectivity index (χ3n) is 4.46. The van der Waals surface area contributed by atoms with Crippen molar-refractivity contribution in [2.45, 2.75) is 51.2 Å². The summed E-state index contributed by atoms with van der Waals surface area (Å²) in [4.78, 5) is 2.59. The smallest absolute Gasteiger partial charge is 0.0702 e. The molecule has 0 aromatic carbocycles. The van der Waals surface area contributed by atoms with Crippen molar-refractivity contribution >= 4 is 0 Å². The molecule has 0 spiro atoms. The molecule has 2 aliphatic rings. The SMILES string of the molecule is CCN(CC1CCCO1)CC1CCCC1NC. The molecule has 0 bridgehead atoms. The van der Waals surface area contributed by atoms with Crippen LogP contribution in [0.3, 0.4) is 0 Å². The van der Waals surface area contributed by atoms with Crippen molar-refractivity contribution in [3.63, 3.8) is 0 Å². The highest BCUT2D eigenvalue weighted by atomic mass is 16.5. The standard InChI is InChI=1S/C14H28N2O/c1-3-16(11-13-7-5-9-17-13)10-12-6-4-8-14(12)15-2/h12-15H,3-11H2,1-2H3. The van der Waals surface area contributed by atoms with Crippen LogP contribution in [0.1, 0.15) is 39.0 Å². The van der Waals surface area contributed by atoms with Gasteiger partial charge in [0.15, 0.2) is 0 Å². The second-order valence-electron chi connectivity index (χ2n) is 5.57. The van der Waals surface area contributed by atoms with Gasteiger partial charge < -0.3 is 15.0 Å². The largest absolute Gasteiger partial charge is 0.377 e. The van der Waals surface area contributed by atoms with Gasteiger partial charge in [0.1, 0.15) is 0 Å². The monoisotopic (exact) mass is 240 g/mol. The fourth-order valence-electron chi connectivity index (χ4n) is 3.38. The number of hydrogen-bond acceptors (Lipinski definition) is 3. The van der Waals surface area contributed by atoms with Gasteiger partial charge in [-0.3, -0.25) is 0 Å². The molecule has 2 fully saturated rings. The summed E-state index contributed by atoms with van der Waals surface area (Å²) >= 11 is 0. The molecule has 1 saturated carbocycles. The van der Waals surface area contributed by atoms with Gasteiger partial charge in [0.05, 0.1) is 6.10 Å². The van der Waals surface area contributed by atoms with E-state index in [1.54, 1.807) is 0 Å². The van der Waals surface area contributed by atoms with Crippen LogP contribution in [0.2, 0.25) is 0 Å².